The molecule has 4 nitrogen and oxygen atoms in total. The van der Waals surface area contributed by atoms with Crippen LogP contribution in [-0.4, -0.2) is 34.0 Å². The largest absolute Gasteiger partial charge is 0.458 e. The van der Waals surface area contributed by atoms with Gasteiger partial charge in [0.25, 0.3) is 0 Å². The van der Waals surface area contributed by atoms with E-state index in [4.69, 9.17) is 4.74 Å². The second-order valence-corrected chi connectivity index (χ2v) is 10.4. The zero-order valence-corrected chi connectivity index (χ0v) is 16.4. The molecule has 4 heteroatoms. The molecule has 0 aromatic rings. The summed E-state index contributed by atoms with van der Waals surface area (Å²) in [4.78, 5) is 13.4. The van der Waals surface area contributed by atoms with Gasteiger partial charge in [-0.3, -0.25) is 4.79 Å². The van der Waals surface area contributed by atoms with E-state index in [-0.39, 0.29) is 12.6 Å². The molecule has 0 amide bonds. The lowest BCUT2D eigenvalue weighted by molar-refractivity contribution is -0.228. The second kappa shape index (κ2) is 5.82. The van der Waals surface area contributed by atoms with E-state index >= 15 is 0 Å². The standard InChI is InChI=1S/C21H34O4/c1-14(2)7-21(13-22,18(3,4)5)17(23)25-20-10-15-6-16(11-20)9-19(24,8-15)12-20/h7,15-16,22,24H,6,8-13H2,1-5H3. The zero-order chi connectivity index (χ0) is 18.7. The Morgan fingerprint density at radius 2 is 1.72 bits per heavy atom. The Kier molecular flexibility index (Phi) is 4.40. The summed E-state index contributed by atoms with van der Waals surface area (Å²) < 4.78 is 6.20. The molecule has 0 saturated heterocycles. The maximum absolute atomic E-state index is 13.4. The molecule has 0 spiro atoms. The van der Waals surface area contributed by atoms with Gasteiger partial charge in [-0.1, -0.05) is 32.4 Å². The predicted octanol–water partition coefficient (Wildman–Crippen LogP) is 3.60. The summed E-state index contributed by atoms with van der Waals surface area (Å²) in [7, 11) is 0. The van der Waals surface area contributed by atoms with Crippen LogP contribution in [-0.2, 0) is 9.53 Å². The molecule has 4 rings (SSSR count). The van der Waals surface area contributed by atoms with E-state index in [0.29, 0.717) is 18.3 Å². The molecule has 4 bridgehead atoms. The van der Waals surface area contributed by atoms with Crippen molar-refractivity contribution in [2.75, 3.05) is 6.61 Å². The summed E-state index contributed by atoms with van der Waals surface area (Å²) in [6.07, 6.45) is 6.99. The number of ether oxygens (including phenoxy) is 1. The van der Waals surface area contributed by atoms with Crippen molar-refractivity contribution in [1.29, 1.82) is 0 Å². The maximum Gasteiger partial charge on any atom is 0.319 e. The normalized spacial score (nSPS) is 39.0. The monoisotopic (exact) mass is 350 g/mol. The van der Waals surface area contributed by atoms with E-state index in [9.17, 15) is 15.0 Å². The third-order valence-corrected chi connectivity index (χ3v) is 6.77. The van der Waals surface area contributed by atoms with Crippen LogP contribution in [0.1, 0.15) is 73.1 Å². The van der Waals surface area contributed by atoms with Crippen LogP contribution in [0.5, 0.6) is 0 Å². The minimum absolute atomic E-state index is 0.270. The molecule has 0 heterocycles. The molecule has 2 N–H and O–H groups in total. The topological polar surface area (TPSA) is 66.8 Å². The van der Waals surface area contributed by atoms with Crippen LogP contribution in [0.4, 0.5) is 0 Å². The van der Waals surface area contributed by atoms with Gasteiger partial charge in [-0.2, -0.15) is 0 Å². The van der Waals surface area contributed by atoms with Crippen molar-refractivity contribution in [2.45, 2.75) is 84.3 Å². The predicted molar refractivity (Wildman–Crippen MR) is 96.9 cm³/mol. The van der Waals surface area contributed by atoms with Gasteiger partial charge in [0, 0.05) is 6.42 Å². The van der Waals surface area contributed by atoms with Crippen LogP contribution in [0, 0.1) is 22.7 Å². The highest BCUT2D eigenvalue weighted by atomic mass is 16.6. The van der Waals surface area contributed by atoms with Crippen LogP contribution in [0.25, 0.3) is 0 Å². The summed E-state index contributed by atoms with van der Waals surface area (Å²) in [5, 5.41) is 21.1. The first-order valence-electron chi connectivity index (χ1n) is 9.65. The Labute approximate surface area is 151 Å². The van der Waals surface area contributed by atoms with Crippen LogP contribution in [0.2, 0.25) is 0 Å². The molecule has 25 heavy (non-hydrogen) atoms. The number of allylic oxidation sites excluding steroid dienone is 1. The fourth-order valence-corrected chi connectivity index (χ4v) is 5.96. The Morgan fingerprint density at radius 3 is 2.12 bits per heavy atom. The molecule has 0 radical (unpaired) electrons. The summed E-state index contributed by atoms with van der Waals surface area (Å²) in [6, 6.07) is 0. The van der Waals surface area contributed by atoms with E-state index < -0.39 is 22.0 Å². The lowest BCUT2D eigenvalue weighted by atomic mass is 9.52. The van der Waals surface area contributed by atoms with Gasteiger partial charge in [0.1, 0.15) is 11.0 Å². The van der Waals surface area contributed by atoms with E-state index in [2.05, 4.69) is 0 Å². The van der Waals surface area contributed by atoms with E-state index in [1.165, 1.54) is 0 Å². The highest BCUT2D eigenvalue weighted by molar-refractivity contribution is 5.81. The average molecular weight is 350 g/mol. The Balaban J connectivity index is 1.91. The number of aliphatic hydroxyl groups excluding tert-OH is 1. The highest BCUT2D eigenvalue weighted by Gasteiger charge is 2.60. The summed E-state index contributed by atoms with van der Waals surface area (Å²) in [6.45, 7) is 9.52. The number of hydrogen-bond acceptors (Lipinski definition) is 4. The highest BCUT2D eigenvalue weighted by Crippen LogP contribution is 2.59. The summed E-state index contributed by atoms with van der Waals surface area (Å²) in [5.74, 6) is 0.579. The lowest BCUT2D eigenvalue weighted by Crippen LogP contribution is -2.61. The third-order valence-electron chi connectivity index (χ3n) is 6.77. The van der Waals surface area contributed by atoms with Gasteiger partial charge < -0.3 is 14.9 Å². The fourth-order valence-electron chi connectivity index (χ4n) is 5.96. The van der Waals surface area contributed by atoms with Gasteiger partial charge in [-0.05, 0) is 63.2 Å². The van der Waals surface area contributed by atoms with Crippen molar-refractivity contribution < 1.29 is 19.7 Å². The minimum atomic E-state index is -1.06. The van der Waals surface area contributed by atoms with Crippen molar-refractivity contribution in [3.05, 3.63) is 11.6 Å². The average Bonchev–Trinajstić information content (AvgIpc) is 2.39. The molecule has 142 valence electrons. The quantitative estimate of drug-likeness (QED) is 0.600. The molecule has 4 aliphatic carbocycles. The summed E-state index contributed by atoms with van der Waals surface area (Å²) in [5.41, 5.74) is -1.74. The minimum Gasteiger partial charge on any atom is -0.458 e. The van der Waals surface area contributed by atoms with Crippen LogP contribution >= 0.6 is 0 Å². The van der Waals surface area contributed by atoms with E-state index in [1.54, 1.807) is 0 Å². The Morgan fingerprint density at radius 1 is 1.16 bits per heavy atom. The SMILES string of the molecule is CC(C)=CC(CO)(C(=O)OC12CC3CC(CC(O)(C3)C1)C2)C(C)(C)C. The Bertz CT molecular complexity index is 567. The molecule has 4 fully saturated rings. The first-order valence-corrected chi connectivity index (χ1v) is 9.65. The molecular formula is C21H34O4. The van der Waals surface area contributed by atoms with Gasteiger partial charge in [-0.25, -0.2) is 0 Å². The van der Waals surface area contributed by atoms with Crippen LogP contribution in [0.3, 0.4) is 0 Å². The van der Waals surface area contributed by atoms with Gasteiger partial charge >= 0.3 is 5.97 Å². The second-order valence-electron chi connectivity index (χ2n) is 10.4. The smallest absolute Gasteiger partial charge is 0.319 e. The zero-order valence-electron chi connectivity index (χ0n) is 16.4. The maximum atomic E-state index is 13.4. The fraction of sp³-hybridized carbons (Fsp3) is 0.857. The third kappa shape index (κ3) is 3.16. The van der Waals surface area contributed by atoms with Crippen molar-refractivity contribution in [1.82, 2.24) is 0 Å². The molecule has 4 saturated carbocycles. The van der Waals surface area contributed by atoms with E-state index in [0.717, 1.165) is 37.7 Å². The Hall–Kier alpha value is -0.870. The van der Waals surface area contributed by atoms with Crippen molar-refractivity contribution in [3.8, 4) is 0 Å². The van der Waals surface area contributed by atoms with Crippen LogP contribution < -0.4 is 0 Å². The molecule has 3 atom stereocenters. The van der Waals surface area contributed by atoms with E-state index in [1.807, 2.05) is 40.7 Å². The van der Waals surface area contributed by atoms with Crippen LogP contribution in [0.15, 0.2) is 11.6 Å². The number of rotatable bonds is 4. The van der Waals surface area contributed by atoms with Gasteiger partial charge in [0.05, 0.1) is 12.2 Å². The number of carbonyl (C=O) groups excluding carboxylic acids is 1. The van der Waals surface area contributed by atoms with Crippen molar-refractivity contribution >= 4 is 5.97 Å². The number of hydrogen-bond donors (Lipinski definition) is 2. The molecule has 0 aromatic heterocycles. The molecule has 4 aliphatic rings. The summed E-state index contributed by atoms with van der Waals surface area (Å²) >= 11 is 0. The number of carbonyl (C=O) groups is 1. The number of esters is 1. The first-order chi connectivity index (χ1) is 11.4. The van der Waals surface area contributed by atoms with Crippen molar-refractivity contribution in [3.63, 3.8) is 0 Å². The van der Waals surface area contributed by atoms with Crippen molar-refractivity contribution in [2.24, 2.45) is 22.7 Å². The number of aliphatic hydroxyl groups is 2. The molecule has 0 aliphatic heterocycles. The molecule has 0 aromatic carbocycles. The molecule has 3 unspecified atom stereocenters. The molecular weight excluding hydrogens is 316 g/mol. The van der Waals surface area contributed by atoms with Gasteiger partial charge in [-0.15, -0.1) is 0 Å². The first kappa shape index (κ1) is 18.9. The lowest BCUT2D eigenvalue weighted by Gasteiger charge is -2.59. The van der Waals surface area contributed by atoms with Gasteiger partial charge in [0.15, 0.2) is 0 Å². The van der Waals surface area contributed by atoms with Gasteiger partial charge in [0.2, 0.25) is 0 Å².